The van der Waals surface area contributed by atoms with E-state index in [-0.39, 0.29) is 48.8 Å². The molecule has 218 valence electrons. The third-order valence-corrected chi connectivity index (χ3v) is 9.21. The van der Waals surface area contributed by atoms with Crippen LogP contribution in [-0.4, -0.2) is 106 Å². The SMILES string of the molecule is COc1ccc(S(=O)(=O)N(CCO)CCO[C@@H]2C[C@H](c3ccc(Cl)cc3)C=C(C(=O)N3CCN(C)CC3)O2)cc1. The van der Waals surface area contributed by atoms with Gasteiger partial charge in [-0.2, -0.15) is 4.31 Å². The number of hydrogen-bond acceptors (Lipinski definition) is 8. The first-order valence-corrected chi connectivity index (χ1v) is 15.0. The number of carbonyl (C=O) groups excluding carboxylic acids is 1. The average Bonchev–Trinajstić information content (AvgIpc) is 2.97. The van der Waals surface area contributed by atoms with Gasteiger partial charge in [-0.3, -0.25) is 4.79 Å². The lowest BCUT2D eigenvalue weighted by atomic mass is 9.93. The third kappa shape index (κ3) is 7.54. The van der Waals surface area contributed by atoms with Gasteiger partial charge in [0.15, 0.2) is 5.76 Å². The molecule has 40 heavy (non-hydrogen) atoms. The Bertz CT molecular complexity index is 1260. The number of hydrogen-bond donors (Lipinski definition) is 1. The van der Waals surface area contributed by atoms with Gasteiger partial charge >= 0.3 is 0 Å². The van der Waals surface area contributed by atoms with Crippen LogP contribution >= 0.6 is 11.6 Å². The normalized spacial score (nSPS) is 20.2. The molecule has 2 aromatic carbocycles. The second kappa shape index (κ2) is 13.8. The molecule has 1 amide bonds. The molecule has 2 aliphatic rings. The van der Waals surface area contributed by atoms with Gasteiger partial charge in [-0.25, -0.2) is 8.42 Å². The first-order valence-electron chi connectivity index (χ1n) is 13.2. The second-order valence-corrected chi connectivity index (χ2v) is 12.1. The van der Waals surface area contributed by atoms with Gasteiger partial charge < -0.3 is 29.1 Å². The molecule has 2 atom stereocenters. The number of carbonyl (C=O) groups is 1. The molecule has 2 aliphatic heterocycles. The van der Waals surface area contributed by atoms with E-state index in [1.807, 2.05) is 25.3 Å². The number of sulfonamides is 1. The first-order chi connectivity index (χ1) is 19.2. The van der Waals surface area contributed by atoms with Crippen molar-refractivity contribution in [1.29, 1.82) is 0 Å². The Balaban J connectivity index is 1.46. The smallest absolute Gasteiger partial charge is 0.288 e. The molecule has 1 fully saturated rings. The zero-order valence-electron chi connectivity index (χ0n) is 22.7. The van der Waals surface area contributed by atoms with Gasteiger partial charge in [0.2, 0.25) is 16.3 Å². The summed E-state index contributed by atoms with van der Waals surface area (Å²) < 4.78 is 44.8. The number of aliphatic hydroxyl groups excluding tert-OH is 1. The molecule has 0 radical (unpaired) electrons. The topological polar surface area (TPSA) is 109 Å². The van der Waals surface area contributed by atoms with Crippen molar-refractivity contribution in [2.45, 2.75) is 23.5 Å². The predicted octanol–water partition coefficient (Wildman–Crippen LogP) is 2.54. The molecule has 4 rings (SSSR count). The quantitative estimate of drug-likeness (QED) is 0.423. The van der Waals surface area contributed by atoms with E-state index in [0.29, 0.717) is 30.3 Å². The Morgan fingerprint density at radius 2 is 1.75 bits per heavy atom. The van der Waals surface area contributed by atoms with Crippen LogP contribution in [0, 0.1) is 0 Å². The van der Waals surface area contributed by atoms with Gasteiger partial charge in [0.25, 0.3) is 5.91 Å². The summed E-state index contributed by atoms with van der Waals surface area (Å²) in [5.41, 5.74) is 0.967. The van der Waals surface area contributed by atoms with E-state index in [2.05, 4.69) is 4.90 Å². The van der Waals surface area contributed by atoms with Gasteiger partial charge in [0, 0.05) is 56.6 Å². The fraction of sp³-hybridized carbons (Fsp3) is 0.464. The van der Waals surface area contributed by atoms with Crippen molar-refractivity contribution in [3.8, 4) is 5.75 Å². The third-order valence-electron chi connectivity index (χ3n) is 7.05. The number of ether oxygens (including phenoxy) is 3. The summed E-state index contributed by atoms with van der Waals surface area (Å²) in [4.78, 5) is 17.4. The van der Waals surface area contributed by atoms with E-state index in [1.165, 1.54) is 23.5 Å². The summed E-state index contributed by atoms with van der Waals surface area (Å²) in [7, 11) is -0.360. The lowest BCUT2D eigenvalue weighted by molar-refractivity contribution is -0.153. The van der Waals surface area contributed by atoms with Gasteiger partial charge in [0.05, 0.1) is 25.2 Å². The Kier molecular flexibility index (Phi) is 10.4. The van der Waals surface area contributed by atoms with E-state index < -0.39 is 16.3 Å². The predicted molar refractivity (Wildman–Crippen MR) is 151 cm³/mol. The van der Waals surface area contributed by atoms with Crippen LogP contribution in [0.4, 0.5) is 0 Å². The van der Waals surface area contributed by atoms with Crippen LogP contribution in [0.15, 0.2) is 65.3 Å². The Labute approximate surface area is 240 Å². The number of allylic oxidation sites excluding steroid dienone is 1. The monoisotopic (exact) mass is 593 g/mol. The molecular weight excluding hydrogens is 558 g/mol. The maximum absolute atomic E-state index is 13.4. The molecule has 0 aromatic heterocycles. The molecular formula is C28H36ClN3O7S. The summed E-state index contributed by atoms with van der Waals surface area (Å²) in [5, 5.41) is 10.2. The summed E-state index contributed by atoms with van der Waals surface area (Å²) >= 11 is 6.08. The zero-order chi connectivity index (χ0) is 28.7. The van der Waals surface area contributed by atoms with Gasteiger partial charge in [-0.1, -0.05) is 23.7 Å². The molecule has 2 heterocycles. The number of likely N-dealkylation sites (N-methyl/N-ethyl adjacent to an activating group) is 1. The molecule has 0 spiro atoms. The fourth-order valence-corrected chi connectivity index (χ4v) is 6.21. The number of rotatable bonds is 11. The minimum absolute atomic E-state index is 0.00334. The number of aliphatic hydroxyl groups is 1. The Hall–Kier alpha value is -2.67. The molecule has 0 unspecified atom stereocenters. The van der Waals surface area contributed by atoms with Crippen LogP contribution in [-0.2, 0) is 24.3 Å². The highest BCUT2D eigenvalue weighted by Crippen LogP contribution is 2.33. The number of nitrogens with zero attached hydrogens (tertiary/aromatic N) is 3. The van der Waals surface area contributed by atoms with Crippen molar-refractivity contribution in [2.24, 2.45) is 0 Å². The first kappa shape index (κ1) is 30.3. The maximum Gasteiger partial charge on any atom is 0.288 e. The highest BCUT2D eigenvalue weighted by Gasteiger charge is 2.32. The largest absolute Gasteiger partial charge is 0.497 e. The highest BCUT2D eigenvalue weighted by molar-refractivity contribution is 7.89. The van der Waals surface area contributed by atoms with Crippen LogP contribution in [0.2, 0.25) is 5.02 Å². The van der Waals surface area contributed by atoms with Crippen LogP contribution in [0.5, 0.6) is 5.75 Å². The average molecular weight is 594 g/mol. The lowest BCUT2D eigenvalue weighted by Gasteiger charge is -2.35. The number of benzene rings is 2. The molecule has 1 N–H and O–H groups in total. The van der Waals surface area contributed by atoms with E-state index in [0.717, 1.165) is 18.7 Å². The number of amides is 1. The van der Waals surface area contributed by atoms with Gasteiger partial charge in [-0.15, -0.1) is 0 Å². The molecule has 1 saturated heterocycles. The summed E-state index contributed by atoms with van der Waals surface area (Å²) in [6.07, 6.45) is 1.50. The van der Waals surface area contributed by atoms with Crippen molar-refractivity contribution < 1.29 is 32.5 Å². The Morgan fingerprint density at radius 1 is 1.07 bits per heavy atom. The fourth-order valence-electron chi connectivity index (χ4n) is 4.66. The van der Waals surface area contributed by atoms with Crippen LogP contribution in [0.25, 0.3) is 0 Å². The van der Waals surface area contributed by atoms with Crippen molar-refractivity contribution in [2.75, 3.05) is 66.6 Å². The van der Waals surface area contributed by atoms with Crippen molar-refractivity contribution in [1.82, 2.24) is 14.1 Å². The van der Waals surface area contributed by atoms with Crippen molar-refractivity contribution in [3.63, 3.8) is 0 Å². The number of piperazine rings is 1. The Morgan fingerprint density at radius 3 is 2.38 bits per heavy atom. The molecule has 0 aliphatic carbocycles. The van der Waals surface area contributed by atoms with Crippen molar-refractivity contribution in [3.05, 3.63) is 71.0 Å². The van der Waals surface area contributed by atoms with E-state index in [9.17, 15) is 18.3 Å². The molecule has 2 aromatic rings. The minimum Gasteiger partial charge on any atom is -0.497 e. The van der Waals surface area contributed by atoms with Crippen LogP contribution < -0.4 is 4.74 Å². The number of halogens is 1. The second-order valence-electron chi connectivity index (χ2n) is 9.74. The maximum atomic E-state index is 13.4. The lowest BCUT2D eigenvalue weighted by Crippen LogP contribution is -2.48. The minimum atomic E-state index is -3.88. The van der Waals surface area contributed by atoms with Crippen LogP contribution in [0.3, 0.4) is 0 Å². The summed E-state index contributed by atoms with van der Waals surface area (Å²) in [5.74, 6) is 0.415. The molecule has 0 saturated carbocycles. The summed E-state index contributed by atoms with van der Waals surface area (Å²) in [6, 6.07) is 13.5. The molecule has 10 nitrogen and oxygen atoms in total. The van der Waals surface area contributed by atoms with Crippen molar-refractivity contribution >= 4 is 27.5 Å². The van der Waals surface area contributed by atoms with E-state index in [4.69, 9.17) is 25.8 Å². The highest BCUT2D eigenvalue weighted by atomic mass is 35.5. The van der Waals surface area contributed by atoms with Gasteiger partial charge in [-0.05, 0) is 55.1 Å². The zero-order valence-corrected chi connectivity index (χ0v) is 24.3. The number of methoxy groups -OCH3 is 1. The van der Waals surface area contributed by atoms with E-state index >= 15 is 0 Å². The van der Waals surface area contributed by atoms with Crippen LogP contribution in [0.1, 0.15) is 17.9 Å². The standard InChI is InChI=1S/C28H36ClN3O7S/c1-30-11-13-31(14-12-30)28(34)26-19-22(21-3-5-23(29)6-4-21)20-27(39-26)38-18-16-32(15-17-33)40(35,36)25-9-7-24(37-2)8-10-25/h3-10,19,22,27,33H,11-18,20H2,1-2H3/t22-,27+/m1/s1. The van der Waals surface area contributed by atoms with Gasteiger partial charge in [0.1, 0.15) is 5.75 Å². The van der Waals surface area contributed by atoms with E-state index in [1.54, 1.807) is 29.2 Å². The summed E-state index contributed by atoms with van der Waals surface area (Å²) in [6.45, 7) is 2.32. The molecule has 12 heteroatoms. The molecule has 0 bridgehead atoms.